The minimum atomic E-state index is 0.421. The van der Waals surface area contributed by atoms with Crippen LogP contribution in [0.5, 0.6) is 0 Å². The lowest BCUT2D eigenvalue weighted by Crippen LogP contribution is -2.15. The number of rotatable bonds is 12. The van der Waals surface area contributed by atoms with Crippen LogP contribution >= 0.6 is 0 Å². The fourth-order valence-electron chi connectivity index (χ4n) is 16.2. The largest absolute Gasteiger partial charge is 0.453 e. The molecule has 0 amide bonds. The van der Waals surface area contributed by atoms with Gasteiger partial charge in [0.2, 0.25) is 0 Å². The Bertz CT molecular complexity index is 4720. The maximum absolute atomic E-state index is 7.50. The Morgan fingerprint density at radius 1 is 0.318 bits per heavy atom. The van der Waals surface area contributed by atoms with Crippen molar-refractivity contribution < 1.29 is 8.83 Å². The number of aryl methyl sites for hydroxylation is 6. The van der Waals surface area contributed by atoms with Gasteiger partial charge in [0.15, 0.2) is 11.2 Å². The second-order valence-electron chi connectivity index (χ2n) is 25.9. The lowest BCUT2D eigenvalue weighted by molar-refractivity contribution is 0.445. The first-order valence-electron chi connectivity index (χ1n) is 32.8. The minimum Gasteiger partial charge on any atom is -0.453 e. The van der Waals surface area contributed by atoms with Crippen LogP contribution in [-0.2, 0) is 12.8 Å². The molecule has 0 unspecified atom stereocenters. The van der Waals surface area contributed by atoms with Gasteiger partial charge in [-0.15, -0.1) is 0 Å². The molecule has 0 radical (unpaired) electrons. The first kappa shape index (κ1) is 54.3. The molecule has 14 aromatic rings. The maximum atomic E-state index is 7.50. The number of hydrogen-bond acceptors (Lipinski definition) is 4. The van der Waals surface area contributed by atoms with Crippen LogP contribution in [0.3, 0.4) is 0 Å². The standard InChI is InChI=1S/C84H76N2O2/c1-7-55-23-15-17-29-59(55)63-31-19-33-65-67-35-21-37-73(83(67)87-81(63)65)85(75-47-51(3)39-41-53(75)5)77-49-71(57-25-11-9-12-26-57)61-44-46-70-78(50-72(58-27-13-10-14-28-58)62-43-45-69(77)79(61)80(62)70)86(76-48-52(4)40-42-54(76)6)74-38-22-36-68-66-34-20-32-64(82(66)88-84(68)74)60-30-18-16-24-56(60)8-2/h15-24,29-50,57-58H,7-14,25-28H2,1-6H3. The quantitative estimate of drug-likeness (QED) is 0.114. The van der Waals surface area contributed by atoms with Gasteiger partial charge in [-0.2, -0.15) is 0 Å². The SMILES string of the molecule is CCc1ccccc1-c1cccc2c1oc1c(N(c3cc(C)ccc3C)c3cc(C4CCCCC4)c4ccc5c(N(c6cc(C)ccc6C)c6cccc7c6oc6c(-c8ccccc8CC)cccc67)cc(C6CCCCC6)c6ccc3c4c65)cccc12. The zero-order chi connectivity index (χ0) is 59.3. The molecule has 434 valence electrons. The highest BCUT2D eigenvalue weighted by molar-refractivity contribution is 6.30. The van der Waals surface area contributed by atoms with Gasteiger partial charge in [0.05, 0.1) is 22.7 Å². The lowest BCUT2D eigenvalue weighted by atomic mass is 9.77. The normalized spacial score (nSPS) is 14.5. The van der Waals surface area contributed by atoms with Crippen LogP contribution in [-0.4, -0.2) is 0 Å². The zero-order valence-electron chi connectivity index (χ0n) is 51.8. The Labute approximate surface area is 517 Å². The van der Waals surface area contributed by atoms with E-state index in [-0.39, 0.29) is 0 Å². The summed E-state index contributed by atoms with van der Waals surface area (Å²) in [6.07, 6.45) is 14.1. The molecule has 4 nitrogen and oxygen atoms in total. The van der Waals surface area contributed by atoms with Crippen LogP contribution in [0.1, 0.15) is 134 Å². The molecule has 0 saturated heterocycles. The second kappa shape index (κ2) is 21.9. The monoisotopic (exact) mass is 1140 g/mol. The number of benzene rings is 12. The summed E-state index contributed by atoms with van der Waals surface area (Å²) in [6.45, 7) is 13.6. The summed E-state index contributed by atoms with van der Waals surface area (Å²) in [7, 11) is 0. The third-order valence-corrected chi connectivity index (χ3v) is 20.6. The first-order chi connectivity index (χ1) is 43.2. The Morgan fingerprint density at radius 2 is 0.693 bits per heavy atom. The third-order valence-electron chi connectivity index (χ3n) is 20.6. The van der Waals surface area contributed by atoms with E-state index < -0.39 is 0 Å². The smallest absolute Gasteiger partial charge is 0.159 e. The maximum Gasteiger partial charge on any atom is 0.159 e. The molecule has 0 N–H and O–H groups in total. The third kappa shape index (κ3) is 8.75. The van der Waals surface area contributed by atoms with Crippen molar-refractivity contribution in [1.29, 1.82) is 0 Å². The van der Waals surface area contributed by atoms with Crippen molar-refractivity contribution in [2.75, 3.05) is 9.80 Å². The Morgan fingerprint density at radius 3 is 1.11 bits per heavy atom. The molecular weight excluding hydrogens is 1070 g/mol. The average Bonchev–Trinajstić information content (AvgIpc) is 0.799. The van der Waals surface area contributed by atoms with Crippen LogP contribution in [0.25, 0.3) is 98.4 Å². The van der Waals surface area contributed by atoms with Crippen LogP contribution in [0, 0.1) is 27.7 Å². The molecule has 2 heterocycles. The van der Waals surface area contributed by atoms with Crippen LogP contribution in [0.15, 0.2) is 203 Å². The fraction of sp³-hybridized carbons (Fsp3) is 0.238. The lowest BCUT2D eigenvalue weighted by Gasteiger charge is -2.34. The van der Waals surface area contributed by atoms with Crippen LogP contribution in [0.2, 0.25) is 0 Å². The highest BCUT2D eigenvalue weighted by atomic mass is 16.3. The molecule has 0 atom stereocenters. The number of para-hydroxylation sites is 4. The predicted molar refractivity (Wildman–Crippen MR) is 374 cm³/mol. The van der Waals surface area contributed by atoms with Crippen LogP contribution in [0.4, 0.5) is 34.1 Å². The molecule has 16 rings (SSSR count). The molecule has 0 aliphatic heterocycles. The van der Waals surface area contributed by atoms with Crippen molar-refractivity contribution >= 4 is 110 Å². The topological polar surface area (TPSA) is 32.8 Å². The summed E-state index contributed by atoms with van der Waals surface area (Å²) in [5.74, 6) is 0.841. The van der Waals surface area contributed by atoms with Crippen LogP contribution < -0.4 is 9.80 Å². The number of hydrogen-bond donors (Lipinski definition) is 0. The average molecular weight is 1150 g/mol. The van der Waals surface area contributed by atoms with E-state index in [0.29, 0.717) is 11.8 Å². The van der Waals surface area contributed by atoms with Crippen molar-refractivity contribution in [1.82, 2.24) is 0 Å². The van der Waals surface area contributed by atoms with E-state index in [2.05, 4.69) is 245 Å². The molecule has 0 bridgehead atoms. The summed E-state index contributed by atoms with van der Waals surface area (Å²) in [5.41, 5.74) is 25.7. The predicted octanol–water partition coefficient (Wildman–Crippen LogP) is 25.1. The zero-order valence-corrected chi connectivity index (χ0v) is 51.8. The summed E-state index contributed by atoms with van der Waals surface area (Å²) in [6, 6.07) is 74.1. The summed E-state index contributed by atoms with van der Waals surface area (Å²) in [5, 5.41) is 12.5. The number of anilines is 6. The first-order valence-corrected chi connectivity index (χ1v) is 32.8. The molecule has 2 aromatic heterocycles. The van der Waals surface area contributed by atoms with Gasteiger partial charge in [0, 0.05) is 54.8 Å². The van der Waals surface area contributed by atoms with Crippen molar-refractivity contribution in [3.05, 3.63) is 239 Å². The molecule has 12 aromatic carbocycles. The molecule has 2 fully saturated rings. The molecular formula is C84H76N2O2. The van der Waals surface area contributed by atoms with Gasteiger partial charge >= 0.3 is 0 Å². The van der Waals surface area contributed by atoms with E-state index in [1.54, 1.807) is 0 Å². The Hall–Kier alpha value is -9.12. The van der Waals surface area contributed by atoms with Gasteiger partial charge in [-0.3, -0.25) is 0 Å². The van der Waals surface area contributed by atoms with Crippen molar-refractivity contribution in [3.8, 4) is 22.3 Å². The van der Waals surface area contributed by atoms with E-state index in [1.165, 1.54) is 175 Å². The van der Waals surface area contributed by atoms with Crippen molar-refractivity contribution in [3.63, 3.8) is 0 Å². The van der Waals surface area contributed by atoms with E-state index in [1.807, 2.05) is 0 Å². The van der Waals surface area contributed by atoms with E-state index in [4.69, 9.17) is 8.83 Å². The highest BCUT2D eigenvalue weighted by Crippen LogP contribution is 2.56. The Kier molecular flexibility index (Phi) is 13.5. The summed E-state index contributed by atoms with van der Waals surface area (Å²) >= 11 is 0. The molecule has 2 saturated carbocycles. The number of fused-ring (bicyclic) bond motifs is 6. The number of furan rings is 2. The molecule has 4 heteroatoms. The van der Waals surface area contributed by atoms with Gasteiger partial charge in [0.25, 0.3) is 0 Å². The van der Waals surface area contributed by atoms with E-state index in [9.17, 15) is 0 Å². The second-order valence-corrected chi connectivity index (χ2v) is 25.9. The van der Waals surface area contributed by atoms with Crippen molar-refractivity contribution in [2.24, 2.45) is 0 Å². The molecule has 0 spiro atoms. The van der Waals surface area contributed by atoms with Gasteiger partial charge in [-0.25, -0.2) is 0 Å². The minimum absolute atomic E-state index is 0.421. The van der Waals surface area contributed by atoms with Crippen molar-refractivity contribution in [2.45, 2.75) is 130 Å². The molecule has 2 aliphatic rings. The van der Waals surface area contributed by atoms with Gasteiger partial charge in [-0.05, 0) is 192 Å². The molecule has 2 aliphatic carbocycles. The Balaban J connectivity index is 1.02. The van der Waals surface area contributed by atoms with E-state index >= 15 is 0 Å². The van der Waals surface area contributed by atoms with Gasteiger partial charge in [-0.1, -0.05) is 210 Å². The summed E-state index contributed by atoms with van der Waals surface area (Å²) in [4.78, 5) is 5.21. The fourth-order valence-corrected chi connectivity index (χ4v) is 16.2. The van der Waals surface area contributed by atoms with Gasteiger partial charge in [0.1, 0.15) is 11.2 Å². The van der Waals surface area contributed by atoms with Gasteiger partial charge < -0.3 is 18.6 Å². The van der Waals surface area contributed by atoms with E-state index in [0.717, 1.165) is 79.2 Å². The highest BCUT2D eigenvalue weighted by Gasteiger charge is 2.32. The summed E-state index contributed by atoms with van der Waals surface area (Å²) < 4.78 is 15.0. The number of nitrogens with zero attached hydrogens (tertiary/aromatic N) is 2. The molecule has 88 heavy (non-hydrogen) atoms.